The summed E-state index contributed by atoms with van der Waals surface area (Å²) in [5.74, 6) is -1.61. The van der Waals surface area contributed by atoms with Crippen molar-refractivity contribution in [3.63, 3.8) is 0 Å². The SMILES string of the molecule is O=C(CSCC(=O)Nc1ccc(F)cc1)NNc1ccccc1C(F)(F)F. The number of benzene rings is 2. The van der Waals surface area contributed by atoms with Gasteiger partial charge >= 0.3 is 6.18 Å². The van der Waals surface area contributed by atoms with Gasteiger partial charge in [-0.25, -0.2) is 4.39 Å². The summed E-state index contributed by atoms with van der Waals surface area (Å²) in [5.41, 5.74) is 3.62. The monoisotopic (exact) mass is 401 g/mol. The molecule has 0 saturated carbocycles. The highest BCUT2D eigenvalue weighted by molar-refractivity contribution is 8.00. The zero-order valence-electron chi connectivity index (χ0n) is 13.8. The number of rotatable bonds is 7. The van der Waals surface area contributed by atoms with Crippen LogP contribution >= 0.6 is 11.8 Å². The molecule has 0 aliphatic rings. The highest BCUT2D eigenvalue weighted by Gasteiger charge is 2.33. The van der Waals surface area contributed by atoms with Gasteiger partial charge in [0.15, 0.2) is 0 Å². The highest BCUT2D eigenvalue weighted by Crippen LogP contribution is 2.34. The van der Waals surface area contributed by atoms with Crippen LogP contribution in [0, 0.1) is 5.82 Å². The number of anilines is 2. The second-order valence-electron chi connectivity index (χ2n) is 5.26. The van der Waals surface area contributed by atoms with Crippen molar-refractivity contribution in [3.05, 3.63) is 59.9 Å². The molecule has 0 bridgehead atoms. The number of nitrogens with one attached hydrogen (secondary N) is 3. The summed E-state index contributed by atoms with van der Waals surface area (Å²) in [4.78, 5) is 23.4. The summed E-state index contributed by atoms with van der Waals surface area (Å²) >= 11 is 0.976. The zero-order chi connectivity index (χ0) is 19.9. The number of para-hydroxylation sites is 1. The van der Waals surface area contributed by atoms with Crippen LogP contribution in [0.15, 0.2) is 48.5 Å². The van der Waals surface area contributed by atoms with E-state index in [-0.39, 0.29) is 17.2 Å². The van der Waals surface area contributed by atoms with E-state index in [1.807, 2.05) is 0 Å². The van der Waals surface area contributed by atoms with Gasteiger partial charge in [-0.2, -0.15) is 13.2 Å². The predicted octanol–water partition coefficient (Wildman–Crippen LogP) is 3.66. The third-order valence-electron chi connectivity index (χ3n) is 3.16. The second-order valence-corrected chi connectivity index (χ2v) is 6.25. The van der Waals surface area contributed by atoms with Crippen molar-refractivity contribution in [2.45, 2.75) is 6.18 Å². The lowest BCUT2D eigenvalue weighted by Gasteiger charge is -2.14. The number of halogens is 4. The van der Waals surface area contributed by atoms with Gasteiger partial charge in [0.1, 0.15) is 5.82 Å². The predicted molar refractivity (Wildman–Crippen MR) is 95.6 cm³/mol. The summed E-state index contributed by atoms with van der Waals surface area (Å²) < 4.78 is 51.3. The first-order chi connectivity index (χ1) is 12.8. The number of hydrogen-bond donors (Lipinski definition) is 3. The van der Waals surface area contributed by atoms with E-state index in [1.54, 1.807) is 0 Å². The van der Waals surface area contributed by atoms with E-state index in [0.717, 1.165) is 17.8 Å². The Labute approximate surface area is 156 Å². The maximum absolute atomic E-state index is 12.8. The molecule has 0 spiro atoms. The average molecular weight is 401 g/mol. The van der Waals surface area contributed by atoms with Crippen molar-refractivity contribution >= 4 is 35.0 Å². The largest absolute Gasteiger partial charge is 0.418 e. The Morgan fingerprint density at radius 3 is 2.22 bits per heavy atom. The lowest BCUT2D eigenvalue weighted by molar-refractivity contribution is -0.137. The van der Waals surface area contributed by atoms with Gasteiger partial charge < -0.3 is 5.32 Å². The van der Waals surface area contributed by atoms with Crippen LogP contribution in [0.5, 0.6) is 0 Å². The highest BCUT2D eigenvalue weighted by atomic mass is 32.2. The van der Waals surface area contributed by atoms with Crippen LogP contribution in [0.4, 0.5) is 28.9 Å². The van der Waals surface area contributed by atoms with Crippen LogP contribution in [0.25, 0.3) is 0 Å². The van der Waals surface area contributed by atoms with Crippen LogP contribution in [0.2, 0.25) is 0 Å². The molecule has 0 radical (unpaired) electrons. The summed E-state index contributed by atoms with van der Waals surface area (Å²) in [7, 11) is 0. The molecule has 0 aliphatic heterocycles. The Hall–Kier alpha value is -2.75. The number of carbonyl (C=O) groups excluding carboxylic acids is 2. The first kappa shape index (κ1) is 20.6. The molecule has 0 atom stereocenters. The van der Waals surface area contributed by atoms with Gasteiger partial charge in [0.25, 0.3) is 0 Å². The average Bonchev–Trinajstić information content (AvgIpc) is 2.61. The third kappa shape index (κ3) is 6.81. The van der Waals surface area contributed by atoms with Crippen molar-refractivity contribution in [2.24, 2.45) is 0 Å². The van der Waals surface area contributed by atoms with Gasteiger partial charge in [0.2, 0.25) is 11.8 Å². The smallest absolute Gasteiger partial charge is 0.325 e. The van der Waals surface area contributed by atoms with E-state index in [9.17, 15) is 27.2 Å². The minimum absolute atomic E-state index is 0.0517. The summed E-state index contributed by atoms with van der Waals surface area (Å²) in [6, 6.07) is 9.90. The van der Waals surface area contributed by atoms with Crippen LogP contribution in [0.1, 0.15) is 5.56 Å². The molecule has 0 fully saturated rings. The molecule has 27 heavy (non-hydrogen) atoms. The molecule has 144 valence electrons. The molecule has 10 heteroatoms. The van der Waals surface area contributed by atoms with E-state index in [4.69, 9.17) is 0 Å². The summed E-state index contributed by atoms with van der Waals surface area (Å²) in [6.07, 6.45) is -4.55. The molecule has 3 N–H and O–H groups in total. The van der Waals surface area contributed by atoms with E-state index in [2.05, 4.69) is 16.2 Å². The quantitative estimate of drug-likeness (QED) is 0.489. The van der Waals surface area contributed by atoms with Crippen molar-refractivity contribution < 1.29 is 27.2 Å². The maximum atomic E-state index is 12.8. The Morgan fingerprint density at radius 2 is 1.56 bits per heavy atom. The molecular weight excluding hydrogens is 386 g/mol. The van der Waals surface area contributed by atoms with Gasteiger partial charge in [-0.15, -0.1) is 11.8 Å². The molecular formula is C17H15F4N3O2S. The molecule has 2 aromatic carbocycles. The lowest BCUT2D eigenvalue weighted by atomic mass is 10.2. The number of alkyl halides is 3. The molecule has 0 aliphatic carbocycles. The first-order valence-corrected chi connectivity index (χ1v) is 8.75. The Morgan fingerprint density at radius 1 is 0.926 bits per heavy atom. The second kappa shape index (κ2) is 9.26. The van der Waals surface area contributed by atoms with Crippen LogP contribution in [-0.2, 0) is 15.8 Å². The minimum atomic E-state index is -4.55. The van der Waals surface area contributed by atoms with Gasteiger partial charge in [-0.05, 0) is 36.4 Å². The van der Waals surface area contributed by atoms with Crippen molar-refractivity contribution in [1.82, 2.24) is 5.43 Å². The molecule has 2 aromatic rings. The minimum Gasteiger partial charge on any atom is -0.325 e. The topological polar surface area (TPSA) is 70.2 Å². The Balaban J connectivity index is 1.74. The number of amides is 2. The normalized spacial score (nSPS) is 11.0. The molecule has 2 amide bonds. The van der Waals surface area contributed by atoms with Gasteiger partial charge in [-0.1, -0.05) is 12.1 Å². The third-order valence-corrected chi connectivity index (χ3v) is 4.10. The summed E-state index contributed by atoms with van der Waals surface area (Å²) in [6.45, 7) is 0. The van der Waals surface area contributed by atoms with E-state index >= 15 is 0 Å². The first-order valence-electron chi connectivity index (χ1n) is 7.60. The van der Waals surface area contributed by atoms with E-state index in [0.29, 0.717) is 5.69 Å². The lowest BCUT2D eigenvalue weighted by Crippen LogP contribution is -2.32. The van der Waals surface area contributed by atoms with E-state index < -0.39 is 29.4 Å². The fourth-order valence-corrected chi connectivity index (χ4v) is 2.60. The molecule has 2 rings (SSSR count). The van der Waals surface area contributed by atoms with Gasteiger partial charge in [0.05, 0.1) is 22.8 Å². The fraction of sp³-hybridized carbons (Fsp3) is 0.176. The standard InChI is InChI=1S/C17H15F4N3O2S/c18-11-5-7-12(8-6-11)22-15(25)9-27-10-16(26)24-23-14-4-2-1-3-13(14)17(19,20)21/h1-8,23H,9-10H2,(H,22,25)(H,24,26). The van der Waals surface area contributed by atoms with Crippen molar-refractivity contribution in [3.8, 4) is 0 Å². The molecule has 5 nitrogen and oxygen atoms in total. The maximum Gasteiger partial charge on any atom is 0.418 e. The molecule has 0 unspecified atom stereocenters. The molecule has 0 aromatic heterocycles. The number of hydrazine groups is 1. The van der Waals surface area contributed by atoms with E-state index in [1.165, 1.54) is 42.5 Å². The number of hydrogen-bond acceptors (Lipinski definition) is 4. The van der Waals surface area contributed by atoms with Crippen LogP contribution < -0.4 is 16.2 Å². The number of thioether (sulfide) groups is 1. The van der Waals surface area contributed by atoms with Crippen molar-refractivity contribution in [2.75, 3.05) is 22.2 Å². The molecule has 0 saturated heterocycles. The summed E-state index contributed by atoms with van der Waals surface area (Å²) in [5, 5.41) is 2.53. The van der Waals surface area contributed by atoms with Gasteiger partial charge in [-0.3, -0.25) is 20.4 Å². The van der Waals surface area contributed by atoms with Crippen molar-refractivity contribution in [1.29, 1.82) is 0 Å². The Bertz CT molecular complexity index is 798. The Kier molecular flexibility index (Phi) is 7.05. The van der Waals surface area contributed by atoms with Crippen LogP contribution in [0.3, 0.4) is 0 Å². The van der Waals surface area contributed by atoms with Gasteiger partial charge in [0, 0.05) is 5.69 Å². The zero-order valence-corrected chi connectivity index (χ0v) is 14.6. The number of carbonyl (C=O) groups is 2. The molecule has 0 heterocycles. The van der Waals surface area contributed by atoms with Crippen LogP contribution in [-0.4, -0.2) is 23.3 Å². The fourth-order valence-electron chi connectivity index (χ4n) is 1.98.